The molecule has 0 atom stereocenters. The van der Waals surface area contributed by atoms with Gasteiger partial charge in [-0.1, -0.05) is 29.5 Å². The van der Waals surface area contributed by atoms with Gasteiger partial charge < -0.3 is 5.11 Å². The molecule has 2 aromatic carbocycles. The molecule has 0 unspecified atom stereocenters. The lowest BCUT2D eigenvalue weighted by Gasteiger charge is -2.06. The third-order valence-electron chi connectivity index (χ3n) is 2.86. The van der Waals surface area contributed by atoms with Crippen molar-refractivity contribution in [3.8, 4) is 0 Å². The predicted octanol–water partition coefficient (Wildman–Crippen LogP) is 4.15. The summed E-state index contributed by atoms with van der Waals surface area (Å²) in [5, 5.41) is 19.6. The van der Waals surface area contributed by atoms with E-state index < -0.39 is 10.9 Å². The third-order valence-corrected chi connectivity index (χ3v) is 3.96. The fourth-order valence-corrected chi connectivity index (χ4v) is 2.67. The lowest BCUT2D eigenvalue weighted by Crippen LogP contribution is -1.91. The van der Waals surface area contributed by atoms with Gasteiger partial charge in [-0.05, 0) is 36.8 Å². The smallest absolute Gasteiger partial charge is 0.328 e. The summed E-state index contributed by atoms with van der Waals surface area (Å²) in [4.78, 5) is 22.8. The van der Waals surface area contributed by atoms with Crippen LogP contribution in [0, 0.1) is 17.0 Å². The molecule has 0 radical (unpaired) electrons. The van der Waals surface area contributed by atoms with Gasteiger partial charge in [-0.15, -0.1) is 0 Å². The largest absolute Gasteiger partial charge is 0.478 e. The van der Waals surface area contributed by atoms with Crippen molar-refractivity contribution in [2.75, 3.05) is 0 Å². The fourth-order valence-electron chi connectivity index (χ4n) is 1.77. The van der Waals surface area contributed by atoms with Crippen molar-refractivity contribution in [3.05, 3.63) is 69.8 Å². The van der Waals surface area contributed by atoms with Crippen molar-refractivity contribution in [1.82, 2.24) is 0 Å². The summed E-state index contributed by atoms with van der Waals surface area (Å²) in [5.74, 6) is -1.10. The Hall–Kier alpha value is -2.60. The Balaban J connectivity index is 2.38. The first-order chi connectivity index (χ1) is 10.5. The average Bonchev–Trinajstić information content (AvgIpc) is 2.48. The molecule has 1 N–H and O–H groups in total. The van der Waals surface area contributed by atoms with E-state index in [2.05, 4.69) is 0 Å². The Kier molecular flexibility index (Phi) is 4.95. The molecule has 0 spiro atoms. The third kappa shape index (κ3) is 4.20. The van der Waals surface area contributed by atoms with E-state index in [9.17, 15) is 14.9 Å². The molecule has 0 aliphatic heterocycles. The number of nitrogens with zero attached hydrogens (tertiary/aromatic N) is 1. The van der Waals surface area contributed by atoms with Gasteiger partial charge in [0.05, 0.1) is 4.92 Å². The van der Waals surface area contributed by atoms with Gasteiger partial charge in [0.2, 0.25) is 0 Å². The molecular weight excluding hydrogens is 302 g/mol. The Morgan fingerprint density at radius 1 is 1.23 bits per heavy atom. The van der Waals surface area contributed by atoms with Crippen LogP contribution < -0.4 is 0 Å². The molecule has 22 heavy (non-hydrogen) atoms. The molecule has 6 heteroatoms. The number of aliphatic carboxylic acids is 1. The zero-order chi connectivity index (χ0) is 16.1. The average molecular weight is 315 g/mol. The first-order valence-electron chi connectivity index (χ1n) is 6.39. The topological polar surface area (TPSA) is 80.4 Å². The Bertz CT molecular complexity index is 738. The molecule has 2 rings (SSSR count). The van der Waals surface area contributed by atoms with E-state index in [1.165, 1.54) is 30.0 Å². The molecule has 5 nitrogen and oxygen atoms in total. The van der Waals surface area contributed by atoms with E-state index in [1.807, 2.05) is 31.2 Å². The SMILES string of the molecule is Cc1ccc(Sc2ccc([N+](=O)[O-])cc2C=CC(=O)O)cc1. The van der Waals surface area contributed by atoms with Gasteiger partial charge in [0.15, 0.2) is 0 Å². The van der Waals surface area contributed by atoms with Crippen LogP contribution in [0.5, 0.6) is 0 Å². The molecular formula is C16H13NO4S. The van der Waals surface area contributed by atoms with Crippen LogP contribution in [0.15, 0.2) is 58.3 Å². The van der Waals surface area contributed by atoms with E-state index in [4.69, 9.17) is 5.11 Å². The van der Waals surface area contributed by atoms with Gasteiger partial charge in [-0.25, -0.2) is 4.79 Å². The number of nitro benzene ring substituents is 1. The molecule has 0 fully saturated rings. The van der Waals surface area contributed by atoms with Gasteiger partial charge in [0.1, 0.15) is 0 Å². The Labute approximate surface area is 131 Å². The lowest BCUT2D eigenvalue weighted by atomic mass is 10.2. The Morgan fingerprint density at radius 3 is 2.50 bits per heavy atom. The number of rotatable bonds is 5. The quantitative estimate of drug-likeness (QED) is 0.509. The molecule has 0 saturated heterocycles. The highest BCUT2D eigenvalue weighted by molar-refractivity contribution is 7.99. The van der Waals surface area contributed by atoms with E-state index in [-0.39, 0.29) is 5.69 Å². The second kappa shape index (κ2) is 6.91. The minimum Gasteiger partial charge on any atom is -0.478 e. The summed E-state index contributed by atoms with van der Waals surface area (Å²) >= 11 is 1.43. The summed E-state index contributed by atoms with van der Waals surface area (Å²) in [6.45, 7) is 1.99. The number of carboxylic acid groups (broad SMARTS) is 1. The van der Waals surface area contributed by atoms with E-state index in [0.717, 1.165) is 21.4 Å². The van der Waals surface area contributed by atoms with E-state index in [0.29, 0.717) is 5.56 Å². The molecule has 112 valence electrons. The minimum absolute atomic E-state index is 0.0710. The number of carboxylic acids is 1. The number of nitro groups is 1. The van der Waals surface area contributed by atoms with Crippen molar-refractivity contribution in [3.63, 3.8) is 0 Å². The second-order valence-corrected chi connectivity index (χ2v) is 5.68. The van der Waals surface area contributed by atoms with Crippen LogP contribution in [0.25, 0.3) is 6.08 Å². The first-order valence-corrected chi connectivity index (χ1v) is 7.21. The maximum Gasteiger partial charge on any atom is 0.328 e. The summed E-state index contributed by atoms with van der Waals surface area (Å²) in [7, 11) is 0. The first kappa shape index (κ1) is 15.8. The van der Waals surface area contributed by atoms with E-state index in [1.54, 1.807) is 6.07 Å². The lowest BCUT2D eigenvalue weighted by molar-refractivity contribution is -0.384. The van der Waals surface area contributed by atoms with Crippen LogP contribution in [0.1, 0.15) is 11.1 Å². The minimum atomic E-state index is -1.10. The summed E-state index contributed by atoms with van der Waals surface area (Å²) < 4.78 is 0. The van der Waals surface area contributed by atoms with Gasteiger partial charge in [0, 0.05) is 28.0 Å². The van der Waals surface area contributed by atoms with Gasteiger partial charge in [-0.2, -0.15) is 0 Å². The van der Waals surface area contributed by atoms with Crippen molar-refractivity contribution in [1.29, 1.82) is 0 Å². The van der Waals surface area contributed by atoms with Crippen molar-refractivity contribution in [2.45, 2.75) is 16.7 Å². The van der Waals surface area contributed by atoms with Crippen LogP contribution >= 0.6 is 11.8 Å². The summed E-state index contributed by atoms with van der Waals surface area (Å²) in [6, 6.07) is 12.3. The Morgan fingerprint density at radius 2 is 1.91 bits per heavy atom. The molecule has 0 aromatic heterocycles. The molecule has 0 saturated carbocycles. The highest BCUT2D eigenvalue weighted by Gasteiger charge is 2.10. The molecule has 0 aliphatic carbocycles. The van der Waals surface area contributed by atoms with Crippen LogP contribution in [0.3, 0.4) is 0 Å². The van der Waals surface area contributed by atoms with Gasteiger partial charge >= 0.3 is 5.97 Å². The van der Waals surface area contributed by atoms with Crippen LogP contribution in [-0.2, 0) is 4.79 Å². The van der Waals surface area contributed by atoms with E-state index >= 15 is 0 Å². The monoisotopic (exact) mass is 315 g/mol. The molecule has 2 aromatic rings. The summed E-state index contributed by atoms with van der Waals surface area (Å²) in [6.07, 6.45) is 2.34. The number of hydrogen-bond acceptors (Lipinski definition) is 4. The number of non-ortho nitro benzene ring substituents is 1. The number of carbonyl (C=O) groups is 1. The number of aryl methyl sites for hydroxylation is 1. The fraction of sp³-hybridized carbons (Fsp3) is 0.0625. The number of benzene rings is 2. The maximum atomic E-state index is 10.9. The van der Waals surface area contributed by atoms with Gasteiger partial charge in [-0.3, -0.25) is 10.1 Å². The molecule has 0 amide bonds. The highest BCUT2D eigenvalue weighted by Crippen LogP contribution is 2.33. The van der Waals surface area contributed by atoms with Crippen LogP contribution in [0.2, 0.25) is 0 Å². The van der Waals surface area contributed by atoms with Crippen molar-refractivity contribution in [2.24, 2.45) is 0 Å². The number of hydrogen-bond donors (Lipinski definition) is 1. The summed E-state index contributed by atoms with van der Waals surface area (Å²) in [5.41, 5.74) is 1.57. The molecule has 0 bridgehead atoms. The zero-order valence-electron chi connectivity index (χ0n) is 11.7. The van der Waals surface area contributed by atoms with Gasteiger partial charge in [0.25, 0.3) is 5.69 Å². The maximum absolute atomic E-state index is 10.9. The van der Waals surface area contributed by atoms with Crippen LogP contribution in [-0.4, -0.2) is 16.0 Å². The van der Waals surface area contributed by atoms with Crippen molar-refractivity contribution >= 4 is 29.5 Å². The van der Waals surface area contributed by atoms with Crippen molar-refractivity contribution < 1.29 is 14.8 Å². The van der Waals surface area contributed by atoms with Crippen LogP contribution in [0.4, 0.5) is 5.69 Å². The standard InChI is InChI=1S/C16H13NO4S/c1-11-2-6-14(7-3-11)22-15-8-5-13(17(20)21)10-12(15)4-9-16(18)19/h2-10H,1H3,(H,18,19). The molecule has 0 heterocycles. The normalized spacial score (nSPS) is 10.8. The highest BCUT2D eigenvalue weighted by atomic mass is 32.2. The molecule has 0 aliphatic rings. The predicted molar refractivity (Wildman–Crippen MR) is 85.1 cm³/mol. The second-order valence-electron chi connectivity index (χ2n) is 4.57. The zero-order valence-corrected chi connectivity index (χ0v) is 12.5.